The van der Waals surface area contributed by atoms with Gasteiger partial charge in [-0.15, -0.1) is 0 Å². The van der Waals surface area contributed by atoms with E-state index in [0.29, 0.717) is 6.61 Å². The fourth-order valence-electron chi connectivity index (χ4n) is 1.55. The van der Waals surface area contributed by atoms with E-state index in [1.54, 1.807) is 7.11 Å². The van der Waals surface area contributed by atoms with Crippen molar-refractivity contribution in [1.82, 2.24) is 0 Å². The van der Waals surface area contributed by atoms with Crippen molar-refractivity contribution in [3.05, 3.63) is 23.8 Å². The second kappa shape index (κ2) is 7.56. The van der Waals surface area contributed by atoms with E-state index < -0.39 is 0 Å². The van der Waals surface area contributed by atoms with Crippen molar-refractivity contribution in [2.24, 2.45) is 5.73 Å². The van der Waals surface area contributed by atoms with Crippen LogP contribution in [0.4, 0.5) is 0 Å². The quantitative estimate of drug-likeness (QED) is 0.788. The molecule has 0 saturated carbocycles. The average Bonchev–Trinajstić information content (AvgIpc) is 2.36. The zero-order valence-corrected chi connectivity index (χ0v) is 12.0. The predicted molar refractivity (Wildman–Crippen MR) is 74.3 cm³/mol. The summed E-state index contributed by atoms with van der Waals surface area (Å²) < 4.78 is 10.9. The molecular formula is C13H20BrNO2. The summed E-state index contributed by atoms with van der Waals surface area (Å²) in [5.74, 6) is 1.55. The van der Waals surface area contributed by atoms with Gasteiger partial charge in [0.2, 0.25) is 0 Å². The molecular weight excluding hydrogens is 282 g/mol. The number of halogens is 1. The molecule has 1 aromatic rings. The zero-order chi connectivity index (χ0) is 12.7. The highest BCUT2D eigenvalue weighted by atomic mass is 79.9. The highest BCUT2D eigenvalue weighted by Gasteiger charge is 2.07. The van der Waals surface area contributed by atoms with Crippen LogP contribution in [-0.4, -0.2) is 25.1 Å². The van der Waals surface area contributed by atoms with Gasteiger partial charge in [-0.2, -0.15) is 0 Å². The van der Waals surface area contributed by atoms with E-state index in [1.807, 2.05) is 18.2 Å². The lowest BCUT2D eigenvalue weighted by Gasteiger charge is -2.13. The van der Waals surface area contributed by atoms with Gasteiger partial charge >= 0.3 is 0 Å². The van der Waals surface area contributed by atoms with Crippen LogP contribution in [0, 0.1) is 0 Å². The molecule has 17 heavy (non-hydrogen) atoms. The van der Waals surface area contributed by atoms with E-state index in [9.17, 15) is 0 Å². The SMILES string of the molecule is CCC(N)Cc1ccc(OCCBr)c(OC)c1. The van der Waals surface area contributed by atoms with Crippen LogP contribution in [0.3, 0.4) is 0 Å². The molecule has 1 rings (SSSR count). The maximum atomic E-state index is 5.94. The van der Waals surface area contributed by atoms with Crippen LogP contribution in [-0.2, 0) is 6.42 Å². The smallest absolute Gasteiger partial charge is 0.161 e. The van der Waals surface area contributed by atoms with Crippen molar-refractivity contribution in [1.29, 1.82) is 0 Å². The van der Waals surface area contributed by atoms with Gasteiger partial charge in [-0.05, 0) is 30.5 Å². The molecule has 0 aliphatic carbocycles. The number of hydrogen-bond acceptors (Lipinski definition) is 3. The van der Waals surface area contributed by atoms with Crippen molar-refractivity contribution >= 4 is 15.9 Å². The third kappa shape index (κ3) is 4.56. The summed E-state index contributed by atoms with van der Waals surface area (Å²) in [5.41, 5.74) is 7.12. The second-order valence-electron chi connectivity index (χ2n) is 3.90. The molecule has 96 valence electrons. The third-order valence-electron chi connectivity index (χ3n) is 2.59. The highest BCUT2D eigenvalue weighted by molar-refractivity contribution is 9.09. The lowest BCUT2D eigenvalue weighted by molar-refractivity contribution is 0.314. The Balaban J connectivity index is 2.77. The maximum Gasteiger partial charge on any atom is 0.161 e. The van der Waals surface area contributed by atoms with Gasteiger partial charge in [0.15, 0.2) is 11.5 Å². The molecule has 1 atom stereocenters. The van der Waals surface area contributed by atoms with Crippen molar-refractivity contribution in [2.45, 2.75) is 25.8 Å². The average molecular weight is 302 g/mol. The lowest BCUT2D eigenvalue weighted by atomic mass is 10.0. The minimum Gasteiger partial charge on any atom is -0.493 e. The third-order valence-corrected chi connectivity index (χ3v) is 2.91. The summed E-state index contributed by atoms with van der Waals surface area (Å²) >= 11 is 3.33. The standard InChI is InChI=1S/C13H20BrNO2/c1-3-11(15)8-10-4-5-12(17-7-6-14)13(9-10)16-2/h4-5,9,11H,3,6-8,15H2,1-2H3. The maximum absolute atomic E-state index is 5.94. The van der Waals surface area contributed by atoms with Gasteiger partial charge in [0.05, 0.1) is 13.7 Å². The largest absolute Gasteiger partial charge is 0.493 e. The van der Waals surface area contributed by atoms with E-state index >= 15 is 0 Å². The van der Waals surface area contributed by atoms with Crippen molar-refractivity contribution in [3.63, 3.8) is 0 Å². The van der Waals surface area contributed by atoms with Gasteiger partial charge in [-0.25, -0.2) is 0 Å². The molecule has 2 N–H and O–H groups in total. The van der Waals surface area contributed by atoms with E-state index in [-0.39, 0.29) is 6.04 Å². The molecule has 0 saturated heterocycles. The Bertz CT molecular complexity index is 344. The first-order chi connectivity index (χ1) is 8.21. The van der Waals surface area contributed by atoms with Crippen molar-refractivity contribution in [3.8, 4) is 11.5 Å². The highest BCUT2D eigenvalue weighted by Crippen LogP contribution is 2.28. The lowest BCUT2D eigenvalue weighted by Crippen LogP contribution is -2.21. The number of alkyl halides is 1. The van der Waals surface area contributed by atoms with Crippen LogP contribution in [0.15, 0.2) is 18.2 Å². The Morgan fingerprint density at radius 3 is 2.71 bits per heavy atom. The van der Waals surface area contributed by atoms with E-state index in [2.05, 4.69) is 22.9 Å². The number of benzene rings is 1. The van der Waals surface area contributed by atoms with Crippen LogP contribution in [0.25, 0.3) is 0 Å². The summed E-state index contributed by atoms with van der Waals surface area (Å²) in [4.78, 5) is 0. The fourth-order valence-corrected chi connectivity index (χ4v) is 1.72. The Hall–Kier alpha value is -0.740. The molecule has 0 amide bonds. The molecule has 0 spiro atoms. The van der Waals surface area contributed by atoms with Gasteiger partial charge in [0, 0.05) is 11.4 Å². The number of rotatable bonds is 7. The summed E-state index contributed by atoms with van der Waals surface area (Å²) in [5, 5.41) is 0.804. The molecule has 0 aromatic heterocycles. The first-order valence-electron chi connectivity index (χ1n) is 5.82. The summed E-state index contributed by atoms with van der Waals surface area (Å²) in [6.07, 6.45) is 1.84. The molecule has 0 aliphatic heterocycles. The molecule has 0 radical (unpaired) electrons. The van der Waals surface area contributed by atoms with Crippen molar-refractivity contribution in [2.75, 3.05) is 19.0 Å². The van der Waals surface area contributed by atoms with Gasteiger partial charge in [-0.3, -0.25) is 0 Å². The van der Waals surface area contributed by atoms with Crippen LogP contribution < -0.4 is 15.2 Å². The van der Waals surface area contributed by atoms with Crippen LogP contribution in [0.1, 0.15) is 18.9 Å². The Labute approximate surface area is 111 Å². The Morgan fingerprint density at radius 1 is 1.35 bits per heavy atom. The van der Waals surface area contributed by atoms with Gasteiger partial charge in [0.25, 0.3) is 0 Å². The predicted octanol–water partition coefficient (Wildman–Crippen LogP) is 2.75. The van der Waals surface area contributed by atoms with E-state index in [4.69, 9.17) is 15.2 Å². The molecule has 0 bridgehead atoms. The second-order valence-corrected chi connectivity index (χ2v) is 4.69. The minimum atomic E-state index is 0.203. The van der Waals surface area contributed by atoms with Crippen LogP contribution in [0.2, 0.25) is 0 Å². The monoisotopic (exact) mass is 301 g/mol. The van der Waals surface area contributed by atoms with E-state index in [0.717, 1.165) is 29.7 Å². The van der Waals surface area contributed by atoms with Crippen LogP contribution in [0.5, 0.6) is 11.5 Å². The Kier molecular flexibility index (Phi) is 6.37. The molecule has 0 aliphatic rings. The number of hydrogen-bond donors (Lipinski definition) is 1. The van der Waals surface area contributed by atoms with Gasteiger partial charge in [-0.1, -0.05) is 28.9 Å². The molecule has 0 fully saturated rings. The molecule has 1 aromatic carbocycles. The van der Waals surface area contributed by atoms with Gasteiger partial charge < -0.3 is 15.2 Å². The normalized spacial score (nSPS) is 12.2. The first kappa shape index (κ1) is 14.3. The molecule has 3 nitrogen and oxygen atoms in total. The molecule has 1 unspecified atom stereocenters. The van der Waals surface area contributed by atoms with Crippen molar-refractivity contribution < 1.29 is 9.47 Å². The van der Waals surface area contributed by atoms with Crippen LogP contribution >= 0.6 is 15.9 Å². The number of methoxy groups -OCH3 is 1. The first-order valence-corrected chi connectivity index (χ1v) is 6.94. The Morgan fingerprint density at radius 2 is 2.12 bits per heavy atom. The topological polar surface area (TPSA) is 44.5 Å². The molecule has 4 heteroatoms. The summed E-state index contributed by atoms with van der Waals surface area (Å²) in [6, 6.07) is 6.19. The summed E-state index contributed by atoms with van der Waals surface area (Å²) in [6.45, 7) is 2.72. The minimum absolute atomic E-state index is 0.203. The summed E-state index contributed by atoms with van der Waals surface area (Å²) in [7, 11) is 1.65. The molecule has 0 heterocycles. The zero-order valence-electron chi connectivity index (χ0n) is 10.4. The fraction of sp³-hybridized carbons (Fsp3) is 0.538. The number of nitrogens with two attached hydrogens (primary N) is 1. The van der Waals surface area contributed by atoms with Gasteiger partial charge in [0.1, 0.15) is 0 Å². The van der Waals surface area contributed by atoms with E-state index in [1.165, 1.54) is 5.56 Å². The number of ether oxygens (including phenoxy) is 2.